The summed E-state index contributed by atoms with van der Waals surface area (Å²) in [6.07, 6.45) is 3.34. The van der Waals surface area contributed by atoms with E-state index in [9.17, 15) is 4.79 Å². The van der Waals surface area contributed by atoms with Gasteiger partial charge in [-0.15, -0.1) is 0 Å². The van der Waals surface area contributed by atoms with E-state index < -0.39 is 0 Å². The second-order valence-corrected chi connectivity index (χ2v) is 3.68. The Kier molecular flexibility index (Phi) is 2.52. The third-order valence-corrected chi connectivity index (χ3v) is 2.37. The van der Waals surface area contributed by atoms with Crippen LogP contribution in [-0.4, -0.2) is 25.5 Å². The number of hydrogen-bond donors (Lipinski definition) is 0. The van der Waals surface area contributed by atoms with Crippen LogP contribution in [0.15, 0.2) is 18.5 Å². The summed E-state index contributed by atoms with van der Waals surface area (Å²) in [7, 11) is 1.79. The van der Waals surface area contributed by atoms with Gasteiger partial charge in [0.2, 0.25) is 5.78 Å². The van der Waals surface area contributed by atoms with Gasteiger partial charge in [0.25, 0.3) is 0 Å². The van der Waals surface area contributed by atoms with Crippen LogP contribution in [0.2, 0.25) is 0 Å². The van der Waals surface area contributed by atoms with Crippen molar-refractivity contribution in [1.29, 1.82) is 0 Å². The number of hydrogen-bond acceptors (Lipinski definition) is 4. The van der Waals surface area contributed by atoms with Gasteiger partial charge in [0, 0.05) is 19.4 Å². The zero-order valence-corrected chi connectivity index (χ0v) is 9.43. The van der Waals surface area contributed by atoms with Gasteiger partial charge >= 0.3 is 0 Å². The third kappa shape index (κ3) is 1.71. The summed E-state index contributed by atoms with van der Waals surface area (Å²) in [5.41, 5.74) is 1.91. The topological polar surface area (TPSA) is 60.7 Å². The molecule has 0 N–H and O–H groups in total. The highest BCUT2D eigenvalue weighted by atomic mass is 16.1. The molecule has 16 heavy (non-hydrogen) atoms. The Morgan fingerprint density at radius 3 is 2.69 bits per heavy atom. The molecule has 0 saturated heterocycles. The SMILES string of the molecule is Cc1cc(C(=O)c2nccn2C)c(C)nn1. The summed E-state index contributed by atoms with van der Waals surface area (Å²) < 4.78 is 1.69. The first-order valence-electron chi connectivity index (χ1n) is 4.92. The molecular formula is C11H12N4O. The number of imidazole rings is 1. The van der Waals surface area contributed by atoms with E-state index in [2.05, 4.69) is 15.2 Å². The molecule has 5 nitrogen and oxygen atoms in total. The highest BCUT2D eigenvalue weighted by Crippen LogP contribution is 2.11. The highest BCUT2D eigenvalue weighted by Gasteiger charge is 2.17. The predicted molar refractivity (Wildman–Crippen MR) is 58.1 cm³/mol. The first-order chi connectivity index (χ1) is 7.59. The first kappa shape index (κ1) is 10.5. The number of ketones is 1. The number of aromatic nitrogens is 4. The molecular weight excluding hydrogens is 204 g/mol. The van der Waals surface area contributed by atoms with Crippen molar-refractivity contribution < 1.29 is 4.79 Å². The van der Waals surface area contributed by atoms with Crippen molar-refractivity contribution >= 4 is 5.78 Å². The van der Waals surface area contributed by atoms with Crippen LogP contribution in [0.5, 0.6) is 0 Å². The van der Waals surface area contributed by atoms with Crippen molar-refractivity contribution in [2.24, 2.45) is 7.05 Å². The molecule has 2 aromatic rings. The molecule has 0 radical (unpaired) electrons. The minimum atomic E-state index is -0.122. The summed E-state index contributed by atoms with van der Waals surface area (Å²) in [6, 6.07) is 1.74. The van der Waals surface area contributed by atoms with Crippen molar-refractivity contribution in [3.8, 4) is 0 Å². The van der Waals surface area contributed by atoms with Gasteiger partial charge in [0.15, 0.2) is 5.82 Å². The summed E-state index contributed by atoms with van der Waals surface area (Å²) in [5.74, 6) is 0.290. The standard InChI is InChI=1S/C11H12N4O/c1-7-6-9(8(2)14-13-7)10(16)11-12-4-5-15(11)3/h4-6H,1-3H3. The maximum absolute atomic E-state index is 12.2. The molecule has 2 rings (SSSR count). The van der Waals surface area contributed by atoms with Crippen LogP contribution in [0, 0.1) is 13.8 Å². The van der Waals surface area contributed by atoms with Crippen LogP contribution in [-0.2, 0) is 7.05 Å². The largest absolute Gasteiger partial charge is 0.331 e. The summed E-state index contributed by atoms with van der Waals surface area (Å²) >= 11 is 0. The van der Waals surface area contributed by atoms with Gasteiger partial charge < -0.3 is 4.57 Å². The lowest BCUT2D eigenvalue weighted by molar-refractivity contribution is 0.102. The molecule has 0 amide bonds. The maximum Gasteiger partial charge on any atom is 0.230 e. The smallest absolute Gasteiger partial charge is 0.230 e. The molecule has 0 unspecified atom stereocenters. The van der Waals surface area contributed by atoms with Crippen molar-refractivity contribution in [3.05, 3.63) is 41.2 Å². The van der Waals surface area contributed by atoms with E-state index in [1.165, 1.54) is 0 Å². The molecule has 0 atom stereocenters. The fourth-order valence-corrected chi connectivity index (χ4v) is 1.48. The zero-order chi connectivity index (χ0) is 11.7. The number of carbonyl (C=O) groups is 1. The first-order valence-corrected chi connectivity index (χ1v) is 4.92. The molecule has 0 bridgehead atoms. The van der Waals surface area contributed by atoms with E-state index in [4.69, 9.17) is 0 Å². The van der Waals surface area contributed by atoms with Crippen LogP contribution in [0.25, 0.3) is 0 Å². The van der Waals surface area contributed by atoms with Crippen molar-refractivity contribution in [3.63, 3.8) is 0 Å². The van der Waals surface area contributed by atoms with Gasteiger partial charge in [-0.2, -0.15) is 10.2 Å². The third-order valence-electron chi connectivity index (χ3n) is 2.37. The van der Waals surface area contributed by atoms with Crippen molar-refractivity contribution in [2.75, 3.05) is 0 Å². The Hall–Kier alpha value is -2.04. The van der Waals surface area contributed by atoms with E-state index in [-0.39, 0.29) is 5.78 Å². The fraction of sp³-hybridized carbons (Fsp3) is 0.273. The molecule has 2 aromatic heterocycles. The number of carbonyl (C=O) groups excluding carboxylic acids is 1. The summed E-state index contributed by atoms with van der Waals surface area (Å²) in [6.45, 7) is 3.57. The van der Waals surface area contributed by atoms with Crippen LogP contribution >= 0.6 is 0 Å². The van der Waals surface area contributed by atoms with E-state index in [1.807, 2.05) is 6.92 Å². The minimum absolute atomic E-state index is 0.122. The molecule has 0 aliphatic carbocycles. The van der Waals surface area contributed by atoms with Gasteiger partial charge in [0.1, 0.15) is 0 Å². The van der Waals surface area contributed by atoms with E-state index in [0.717, 1.165) is 5.69 Å². The van der Waals surface area contributed by atoms with Crippen LogP contribution in [0.3, 0.4) is 0 Å². The lowest BCUT2D eigenvalue weighted by Gasteiger charge is -2.04. The van der Waals surface area contributed by atoms with Gasteiger partial charge in [-0.25, -0.2) is 4.98 Å². The molecule has 0 aliphatic heterocycles. The predicted octanol–water partition coefficient (Wildman–Crippen LogP) is 1.06. The molecule has 0 saturated carbocycles. The highest BCUT2D eigenvalue weighted by molar-refractivity contribution is 6.07. The molecule has 0 fully saturated rings. The Morgan fingerprint density at radius 1 is 1.31 bits per heavy atom. The van der Waals surface area contributed by atoms with E-state index in [0.29, 0.717) is 17.1 Å². The quantitative estimate of drug-likeness (QED) is 0.704. The molecule has 0 aliphatic rings. The molecule has 2 heterocycles. The minimum Gasteiger partial charge on any atom is -0.331 e. The Bertz CT molecular complexity index is 545. The normalized spacial score (nSPS) is 10.4. The second-order valence-electron chi connectivity index (χ2n) is 3.68. The molecule has 0 aromatic carbocycles. The Labute approximate surface area is 93.2 Å². The van der Waals surface area contributed by atoms with Crippen LogP contribution in [0.4, 0.5) is 0 Å². The van der Waals surface area contributed by atoms with Crippen LogP contribution < -0.4 is 0 Å². The average Bonchev–Trinajstić information content (AvgIpc) is 2.67. The molecule has 0 spiro atoms. The van der Waals surface area contributed by atoms with E-state index >= 15 is 0 Å². The van der Waals surface area contributed by atoms with Gasteiger partial charge in [0.05, 0.1) is 17.0 Å². The van der Waals surface area contributed by atoms with Crippen LogP contribution in [0.1, 0.15) is 27.6 Å². The van der Waals surface area contributed by atoms with E-state index in [1.54, 1.807) is 37.0 Å². The molecule has 82 valence electrons. The average molecular weight is 216 g/mol. The number of nitrogens with zero attached hydrogens (tertiary/aromatic N) is 4. The summed E-state index contributed by atoms with van der Waals surface area (Å²) in [4.78, 5) is 16.2. The Balaban J connectivity index is 2.49. The monoisotopic (exact) mass is 216 g/mol. The lowest BCUT2D eigenvalue weighted by atomic mass is 10.1. The van der Waals surface area contributed by atoms with Gasteiger partial charge in [-0.05, 0) is 19.9 Å². The lowest BCUT2D eigenvalue weighted by Crippen LogP contribution is -2.12. The van der Waals surface area contributed by atoms with Crippen molar-refractivity contribution in [2.45, 2.75) is 13.8 Å². The van der Waals surface area contributed by atoms with Gasteiger partial charge in [-0.1, -0.05) is 0 Å². The maximum atomic E-state index is 12.2. The fourth-order valence-electron chi connectivity index (χ4n) is 1.48. The second kappa shape index (κ2) is 3.84. The van der Waals surface area contributed by atoms with Gasteiger partial charge in [-0.3, -0.25) is 4.79 Å². The number of rotatable bonds is 2. The molecule has 5 heteroatoms. The Morgan fingerprint density at radius 2 is 2.06 bits per heavy atom. The zero-order valence-electron chi connectivity index (χ0n) is 9.43. The summed E-state index contributed by atoms with van der Waals surface area (Å²) in [5, 5.41) is 7.83. The number of aryl methyl sites for hydroxylation is 3. The van der Waals surface area contributed by atoms with Crippen molar-refractivity contribution in [1.82, 2.24) is 19.7 Å².